The molecule has 2 aromatic rings. The van der Waals surface area contributed by atoms with Gasteiger partial charge >= 0.3 is 0 Å². The maximum Gasteiger partial charge on any atom is 0.191 e. The minimum atomic E-state index is 0. The van der Waals surface area contributed by atoms with Crippen molar-refractivity contribution in [1.82, 2.24) is 15.8 Å². The summed E-state index contributed by atoms with van der Waals surface area (Å²) in [5.41, 5.74) is 2.28. The Bertz CT molecular complexity index is 642. The molecule has 25 heavy (non-hydrogen) atoms. The van der Waals surface area contributed by atoms with Crippen molar-refractivity contribution in [2.75, 3.05) is 6.54 Å². The lowest BCUT2D eigenvalue weighted by atomic mass is 9.94. The molecule has 0 radical (unpaired) electrons. The van der Waals surface area contributed by atoms with Gasteiger partial charge in [0.05, 0.1) is 5.69 Å². The molecular formula is C19H29IN4O. The van der Waals surface area contributed by atoms with Gasteiger partial charge < -0.3 is 15.2 Å². The summed E-state index contributed by atoms with van der Waals surface area (Å²) in [5, 5.41) is 10.8. The third-order valence-corrected chi connectivity index (χ3v) is 4.15. The lowest BCUT2D eigenvalue weighted by Gasteiger charge is -2.24. The molecule has 1 heterocycles. The van der Waals surface area contributed by atoms with Crippen LogP contribution in [-0.4, -0.2) is 23.7 Å². The van der Waals surface area contributed by atoms with Crippen molar-refractivity contribution in [3.05, 3.63) is 53.4 Å². The van der Waals surface area contributed by atoms with Gasteiger partial charge in [0, 0.05) is 24.6 Å². The zero-order chi connectivity index (χ0) is 17.4. The monoisotopic (exact) mass is 456 g/mol. The summed E-state index contributed by atoms with van der Waals surface area (Å²) >= 11 is 0. The third kappa shape index (κ3) is 6.68. The van der Waals surface area contributed by atoms with Crippen LogP contribution < -0.4 is 10.6 Å². The molecule has 0 aliphatic rings. The van der Waals surface area contributed by atoms with Crippen LogP contribution in [0.1, 0.15) is 50.6 Å². The van der Waals surface area contributed by atoms with Gasteiger partial charge in [0.25, 0.3) is 0 Å². The number of aryl methyl sites for hydroxylation is 1. The largest absolute Gasteiger partial charge is 0.359 e. The van der Waals surface area contributed by atoms with Crippen LogP contribution in [0.15, 0.2) is 45.9 Å². The van der Waals surface area contributed by atoms with Crippen LogP contribution in [0.5, 0.6) is 0 Å². The summed E-state index contributed by atoms with van der Waals surface area (Å²) in [6.07, 6.45) is 0.872. The van der Waals surface area contributed by atoms with E-state index in [4.69, 9.17) is 4.52 Å². The summed E-state index contributed by atoms with van der Waals surface area (Å²) in [4.78, 5) is 4.61. The number of hydrogen-bond donors (Lipinski definition) is 2. The molecule has 0 bridgehead atoms. The maximum absolute atomic E-state index is 5.29. The zero-order valence-electron chi connectivity index (χ0n) is 15.5. The van der Waals surface area contributed by atoms with Gasteiger partial charge in [-0.1, -0.05) is 49.3 Å². The van der Waals surface area contributed by atoms with Gasteiger partial charge in [-0.3, -0.25) is 0 Å². The molecule has 6 heteroatoms. The molecule has 1 aromatic carbocycles. The van der Waals surface area contributed by atoms with E-state index < -0.39 is 0 Å². The van der Waals surface area contributed by atoms with Crippen molar-refractivity contribution in [3.8, 4) is 0 Å². The van der Waals surface area contributed by atoms with Gasteiger partial charge in [-0.2, -0.15) is 0 Å². The van der Waals surface area contributed by atoms with Gasteiger partial charge in [0.1, 0.15) is 6.54 Å². The number of benzene rings is 1. The molecule has 2 N–H and O–H groups in total. The number of aromatic nitrogens is 1. The number of hydrogen-bond acceptors (Lipinski definition) is 3. The number of aliphatic imine (C=N–C) groups is 1. The lowest BCUT2D eigenvalue weighted by molar-refractivity contribution is 0.379. The molecule has 0 spiro atoms. The Morgan fingerprint density at radius 2 is 1.92 bits per heavy atom. The van der Waals surface area contributed by atoms with E-state index in [2.05, 4.69) is 72.7 Å². The highest BCUT2D eigenvalue weighted by atomic mass is 127. The molecule has 5 nitrogen and oxygen atoms in total. The van der Waals surface area contributed by atoms with Crippen molar-refractivity contribution < 1.29 is 4.52 Å². The molecule has 2 rings (SSSR count). The van der Waals surface area contributed by atoms with Crippen LogP contribution >= 0.6 is 24.0 Å². The number of guanidine groups is 1. The van der Waals surface area contributed by atoms with Crippen LogP contribution in [0, 0.1) is 0 Å². The van der Waals surface area contributed by atoms with Crippen molar-refractivity contribution in [2.24, 2.45) is 4.99 Å². The summed E-state index contributed by atoms with van der Waals surface area (Å²) < 4.78 is 5.29. The normalized spacial score (nSPS) is 13.7. The van der Waals surface area contributed by atoms with Crippen molar-refractivity contribution in [3.63, 3.8) is 0 Å². The fourth-order valence-electron chi connectivity index (χ4n) is 2.46. The average molecular weight is 456 g/mol. The van der Waals surface area contributed by atoms with Gasteiger partial charge in [0.2, 0.25) is 0 Å². The topological polar surface area (TPSA) is 62.5 Å². The van der Waals surface area contributed by atoms with Crippen molar-refractivity contribution in [1.29, 1.82) is 0 Å². The number of halogens is 1. The highest BCUT2D eigenvalue weighted by Gasteiger charge is 2.15. The quantitative estimate of drug-likeness (QED) is 0.374. The Kier molecular flexibility index (Phi) is 9.55. The van der Waals surface area contributed by atoms with Crippen LogP contribution in [0.25, 0.3) is 0 Å². The Labute approximate surface area is 167 Å². The minimum absolute atomic E-state index is 0. The first kappa shape index (κ1) is 21.5. The molecule has 0 saturated heterocycles. The highest BCUT2D eigenvalue weighted by molar-refractivity contribution is 14.0. The zero-order valence-corrected chi connectivity index (χ0v) is 17.8. The van der Waals surface area contributed by atoms with Gasteiger partial charge in [-0.05, 0) is 25.8 Å². The van der Waals surface area contributed by atoms with Gasteiger partial charge in [-0.15, -0.1) is 24.0 Å². The first-order valence-electron chi connectivity index (χ1n) is 8.68. The number of nitrogens with zero attached hydrogens (tertiary/aromatic N) is 2. The molecule has 0 aliphatic carbocycles. The van der Waals surface area contributed by atoms with Gasteiger partial charge in [-0.25, -0.2) is 4.99 Å². The molecule has 1 aromatic heterocycles. The maximum atomic E-state index is 5.29. The molecule has 0 amide bonds. The van der Waals surface area contributed by atoms with E-state index >= 15 is 0 Å². The fourth-order valence-corrected chi connectivity index (χ4v) is 2.46. The third-order valence-electron chi connectivity index (χ3n) is 4.15. The smallest absolute Gasteiger partial charge is 0.191 e. The molecule has 0 aliphatic heterocycles. The van der Waals surface area contributed by atoms with E-state index in [0.29, 0.717) is 12.5 Å². The number of nitrogens with one attached hydrogen (secondary N) is 2. The van der Waals surface area contributed by atoms with E-state index in [1.807, 2.05) is 12.1 Å². The number of rotatable bonds is 7. The van der Waals surface area contributed by atoms with Crippen molar-refractivity contribution >= 4 is 29.9 Å². The summed E-state index contributed by atoms with van der Waals surface area (Å²) in [7, 11) is 0. The van der Waals surface area contributed by atoms with Crippen LogP contribution in [0.4, 0.5) is 0 Å². The molecule has 0 fully saturated rings. The highest BCUT2D eigenvalue weighted by Crippen LogP contribution is 2.18. The minimum Gasteiger partial charge on any atom is -0.359 e. The van der Waals surface area contributed by atoms with Crippen LogP contribution in [-0.2, 0) is 13.0 Å². The Morgan fingerprint density at radius 1 is 1.20 bits per heavy atom. The van der Waals surface area contributed by atoms with E-state index in [9.17, 15) is 0 Å². The Hall–Kier alpha value is -1.57. The van der Waals surface area contributed by atoms with E-state index in [-0.39, 0.29) is 30.0 Å². The molecular weight excluding hydrogens is 427 g/mol. The lowest BCUT2D eigenvalue weighted by Crippen LogP contribution is -2.44. The predicted molar refractivity (Wildman–Crippen MR) is 114 cm³/mol. The first-order chi connectivity index (χ1) is 11.6. The second-order valence-corrected chi connectivity index (χ2v) is 5.97. The standard InChI is InChI=1S/C19H28N4O.HI/c1-5-17-12-18(24-23-17)13-21-19(20-6-2)22-15(4)14(3)16-10-8-7-9-11-16;/h7-12,14-15H,5-6,13H2,1-4H3,(H2,20,21,22);1H. The van der Waals surface area contributed by atoms with E-state index in [1.165, 1.54) is 5.56 Å². The molecule has 0 saturated carbocycles. The Morgan fingerprint density at radius 3 is 2.52 bits per heavy atom. The van der Waals surface area contributed by atoms with Crippen molar-refractivity contribution in [2.45, 2.75) is 52.6 Å². The van der Waals surface area contributed by atoms with E-state index in [0.717, 1.165) is 30.4 Å². The van der Waals surface area contributed by atoms with Crippen LogP contribution in [0.3, 0.4) is 0 Å². The first-order valence-corrected chi connectivity index (χ1v) is 8.68. The summed E-state index contributed by atoms with van der Waals surface area (Å²) in [5.74, 6) is 1.96. The molecule has 138 valence electrons. The van der Waals surface area contributed by atoms with E-state index in [1.54, 1.807) is 0 Å². The molecule has 2 atom stereocenters. The fraction of sp³-hybridized carbons (Fsp3) is 0.474. The Balaban J connectivity index is 0.00000312. The molecule has 2 unspecified atom stereocenters. The average Bonchev–Trinajstić information content (AvgIpc) is 3.08. The predicted octanol–water partition coefficient (Wildman–Crippen LogP) is 4.10. The van der Waals surface area contributed by atoms with Crippen LogP contribution in [0.2, 0.25) is 0 Å². The van der Waals surface area contributed by atoms with Gasteiger partial charge in [0.15, 0.2) is 11.7 Å². The SMILES string of the molecule is CCNC(=NCc1cc(CC)no1)NC(C)C(C)c1ccccc1.I. The summed E-state index contributed by atoms with van der Waals surface area (Å²) in [6, 6.07) is 12.7. The second kappa shape index (κ2) is 11.1. The summed E-state index contributed by atoms with van der Waals surface area (Å²) in [6.45, 7) is 9.81. The second-order valence-electron chi connectivity index (χ2n) is 5.97.